The first-order chi connectivity index (χ1) is 12.2. The highest BCUT2D eigenvalue weighted by Gasteiger charge is 2.57. The normalized spacial score (nSPS) is 41.1. The molecule has 0 radical (unpaired) electrons. The lowest BCUT2D eigenvalue weighted by Crippen LogP contribution is -2.50. The minimum Gasteiger partial charge on any atom is -0.349 e. The standard InChI is InChI=1S/C22H28N2O/c25-20-13-18-21(23-20)16-3-1-2-4-17(16)22(18)7-9-24(10-8-22)19-12-14-5-6-15(19)11-14/h1-4,14-15,18-19,21H,5-13H2,(H,23,25)/t14-,15+,18+,19?,21+/m0/s1. The molecule has 2 bridgehead atoms. The highest BCUT2D eigenvalue weighted by atomic mass is 16.2. The summed E-state index contributed by atoms with van der Waals surface area (Å²) in [5, 5.41) is 3.28. The van der Waals surface area contributed by atoms with Crippen molar-refractivity contribution >= 4 is 5.91 Å². The molecule has 25 heavy (non-hydrogen) atoms. The van der Waals surface area contributed by atoms with Gasteiger partial charge in [0.2, 0.25) is 5.91 Å². The van der Waals surface area contributed by atoms with E-state index in [-0.39, 0.29) is 17.4 Å². The maximum atomic E-state index is 12.1. The van der Waals surface area contributed by atoms with E-state index >= 15 is 0 Å². The second-order valence-electron chi connectivity index (χ2n) is 9.38. The highest BCUT2D eigenvalue weighted by molar-refractivity contribution is 5.81. The van der Waals surface area contributed by atoms with Gasteiger partial charge in [-0.25, -0.2) is 0 Å². The SMILES string of the molecule is O=C1C[C@@H]2[C@H](N1)c1ccccc1C21CCN(C2C[C@H]3CC[C@@H]2C3)CC1. The Bertz CT molecular complexity index is 720. The van der Waals surface area contributed by atoms with Crippen LogP contribution in [0, 0.1) is 17.8 Å². The predicted octanol–water partition coefficient (Wildman–Crippen LogP) is 3.40. The molecule has 1 N–H and O–H groups in total. The minimum atomic E-state index is 0.245. The molecule has 1 aromatic rings. The lowest BCUT2D eigenvalue weighted by molar-refractivity contribution is -0.119. The lowest BCUT2D eigenvalue weighted by Gasteiger charge is -2.46. The van der Waals surface area contributed by atoms with Gasteiger partial charge in [0.25, 0.3) is 0 Å². The Morgan fingerprint density at radius 1 is 1.08 bits per heavy atom. The number of rotatable bonds is 1. The van der Waals surface area contributed by atoms with Crippen LogP contribution in [-0.2, 0) is 10.2 Å². The van der Waals surface area contributed by atoms with Crippen molar-refractivity contribution in [1.29, 1.82) is 0 Å². The molecule has 132 valence electrons. The third-order valence-corrected chi connectivity index (χ3v) is 8.53. The van der Waals surface area contributed by atoms with Crippen LogP contribution in [0.5, 0.6) is 0 Å². The van der Waals surface area contributed by atoms with E-state index in [0.717, 1.165) is 24.3 Å². The van der Waals surface area contributed by atoms with Gasteiger partial charge in [0.15, 0.2) is 0 Å². The number of amides is 1. The second-order valence-corrected chi connectivity index (χ2v) is 9.38. The first-order valence-electron chi connectivity index (χ1n) is 10.4. The van der Waals surface area contributed by atoms with E-state index in [9.17, 15) is 4.79 Å². The molecule has 3 nitrogen and oxygen atoms in total. The molecule has 1 unspecified atom stereocenters. The smallest absolute Gasteiger partial charge is 0.220 e. The fourth-order valence-electron chi connectivity index (χ4n) is 7.43. The molecule has 0 aromatic heterocycles. The monoisotopic (exact) mass is 336 g/mol. The maximum absolute atomic E-state index is 12.1. The minimum absolute atomic E-state index is 0.245. The summed E-state index contributed by atoms with van der Waals surface area (Å²) in [6, 6.07) is 10.1. The molecule has 3 aliphatic carbocycles. The van der Waals surface area contributed by atoms with Gasteiger partial charge in [-0.1, -0.05) is 30.7 Å². The van der Waals surface area contributed by atoms with E-state index in [1.165, 1.54) is 57.2 Å². The molecule has 2 heterocycles. The molecule has 4 fully saturated rings. The molecule has 2 aliphatic heterocycles. The lowest BCUT2D eigenvalue weighted by atomic mass is 9.67. The third kappa shape index (κ3) is 1.94. The fraction of sp³-hybridized carbons (Fsp3) is 0.682. The maximum Gasteiger partial charge on any atom is 0.220 e. The molecule has 1 aromatic carbocycles. The van der Waals surface area contributed by atoms with Gasteiger partial charge >= 0.3 is 0 Å². The molecule has 5 aliphatic rings. The number of piperidine rings is 1. The van der Waals surface area contributed by atoms with E-state index in [1.807, 2.05) is 0 Å². The molecule has 3 heteroatoms. The summed E-state index contributed by atoms with van der Waals surface area (Å²) in [6.45, 7) is 2.47. The predicted molar refractivity (Wildman–Crippen MR) is 97.2 cm³/mol. The Morgan fingerprint density at radius 3 is 2.68 bits per heavy atom. The van der Waals surface area contributed by atoms with Gasteiger partial charge in [-0.3, -0.25) is 4.79 Å². The van der Waals surface area contributed by atoms with E-state index < -0.39 is 0 Å². The second kappa shape index (κ2) is 5.09. The number of nitrogens with one attached hydrogen (secondary N) is 1. The van der Waals surface area contributed by atoms with Crippen molar-refractivity contribution in [2.45, 2.75) is 62.4 Å². The largest absolute Gasteiger partial charge is 0.349 e. The molecule has 5 atom stereocenters. The Labute approximate surface area is 150 Å². The summed E-state index contributed by atoms with van der Waals surface area (Å²) in [5.74, 6) is 2.76. The van der Waals surface area contributed by atoms with Crippen LogP contribution in [0.4, 0.5) is 0 Å². The average molecular weight is 336 g/mol. The van der Waals surface area contributed by atoms with Crippen molar-refractivity contribution in [3.8, 4) is 0 Å². The average Bonchev–Trinajstić information content (AvgIpc) is 3.40. The van der Waals surface area contributed by atoms with Crippen LogP contribution in [0.2, 0.25) is 0 Å². The van der Waals surface area contributed by atoms with Gasteiger partial charge in [0.1, 0.15) is 0 Å². The summed E-state index contributed by atoms with van der Waals surface area (Å²) >= 11 is 0. The molecule has 2 saturated heterocycles. The Balaban J connectivity index is 1.29. The Kier molecular flexibility index (Phi) is 3.01. The quantitative estimate of drug-likeness (QED) is 0.852. The van der Waals surface area contributed by atoms with E-state index in [2.05, 4.69) is 34.5 Å². The zero-order chi connectivity index (χ0) is 16.6. The summed E-state index contributed by atoms with van der Waals surface area (Å²) in [7, 11) is 0. The van der Waals surface area contributed by atoms with Crippen LogP contribution in [-0.4, -0.2) is 29.9 Å². The first-order valence-corrected chi connectivity index (χ1v) is 10.4. The van der Waals surface area contributed by atoms with Crippen molar-refractivity contribution in [2.24, 2.45) is 17.8 Å². The van der Waals surface area contributed by atoms with Gasteiger partial charge in [0.05, 0.1) is 6.04 Å². The van der Waals surface area contributed by atoms with Crippen LogP contribution in [0.25, 0.3) is 0 Å². The van der Waals surface area contributed by atoms with Gasteiger partial charge in [-0.05, 0) is 68.2 Å². The summed E-state index contributed by atoms with van der Waals surface area (Å²) < 4.78 is 0. The number of hydrogen-bond acceptors (Lipinski definition) is 2. The van der Waals surface area contributed by atoms with E-state index in [1.54, 1.807) is 5.56 Å². The number of fused-ring (bicyclic) bond motifs is 7. The Hall–Kier alpha value is -1.35. The summed E-state index contributed by atoms with van der Waals surface area (Å²) in [6.07, 6.45) is 9.14. The third-order valence-electron chi connectivity index (χ3n) is 8.53. The van der Waals surface area contributed by atoms with Crippen LogP contribution in [0.15, 0.2) is 24.3 Å². The van der Waals surface area contributed by atoms with Crippen LogP contribution in [0.3, 0.4) is 0 Å². The zero-order valence-corrected chi connectivity index (χ0v) is 14.9. The molecular weight excluding hydrogens is 308 g/mol. The van der Waals surface area contributed by atoms with Crippen LogP contribution in [0.1, 0.15) is 62.1 Å². The highest BCUT2D eigenvalue weighted by Crippen LogP contribution is 2.58. The summed E-state index contributed by atoms with van der Waals surface area (Å²) in [4.78, 5) is 15.0. The number of hydrogen-bond donors (Lipinski definition) is 1. The fourth-order valence-corrected chi connectivity index (χ4v) is 7.43. The van der Waals surface area contributed by atoms with Gasteiger partial charge < -0.3 is 10.2 Å². The zero-order valence-electron chi connectivity index (χ0n) is 14.9. The first kappa shape index (κ1) is 14.8. The molecule has 2 saturated carbocycles. The van der Waals surface area contributed by atoms with Crippen molar-refractivity contribution in [2.75, 3.05) is 13.1 Å². The van der Waals surface area contributed by atoms with Gasteiger partial charge in [0, 0.05) is 23.8 Å². The van der Waals surface area contributed by atoms with Crippen LogP contribution >= 0.6 is 0 Å². The van der Waals surface area contributed by atoms with Crippen molar-refractivity contribution in [3.63, 3.8) is 0 Å². The summed E-state index contributed by atoms with van der Waals surface area (Å²) in [5.41, 5.74) is 3.21. The van der Waals surface area contributed by atoms with Gasteiger partial charge in [-0.15, -0.1) is 0 Å². The number of nitrogens with zero attached hydrogens (tertiary/aromatic N) is 1. The van der Waals surface area contributed by atoms with Crippen molar-refractivity contribution in [3.05, 3.63) is 35.4 Å². The van der Waals surface area contributed by atoms with Crippen molar-refractivity contribution in [1.82, 2.24) is 10.2 Å². The molecule has 1 amide bonds. The van der Waals surface area contributed by atoms with Crippen LogP contribution < -0.4 is 5.32 Å². The number of carbonyl (C=O) groups excluding carboxylic acids is 1. The topological polar surface area (TPSA) is 32.3 Å². The van der Waals surface area contributed by atoms with Gasteiger partial charge in [-0.2, -0.15) is 0 Å². The van der Waals surface area contributed by atoms with E-state index in [0.29, 0.717) is 5.92 Å². The number of likely N-dealkylation sites (tertiary alicyclic amines) is 1. The number of benzene rings is 1. The molecule has 6 rings (SSSR count). The Morgan fingerprint density at radius 2 is 1.92 bits per heavy atom. The molecular formula is C22H28N2O. The molecule has 1 spiro atoms. The number of carbonyl (C=O) groups is 1. The van der Waals surface area contributed by atoms with Crippen molar-refractivity contribution < 1.29 is 4.79 Å². The van der Waals surface area contributed by atoms with E-state index in [4.69, 9.17) is 0 Å².